The van der Waals surface area contributed by atoms with Crippen LogP contribution in [0, 0.1) is 0 Å². The highest BCUT2D eigenvalue weighted by Gasteiger charge is 2.52. The van der Waals surface area contributed by atoms with Crippen LogP contribution in [-0.2, 0) is 8.85 Å². The molecule has 0 aromatic heterocycles. The van der Waals surface area contributed by atoms with Crippen molar-refractivity contribution in [2.45, 2.75) is 57.9 Å². The van der Waals surface area contributed by atoms with Crippen LogP contribution in [-0.4, -0.2) is 26.8 Å². The second-order valence-electron chi connectivity index (χ2n) is 4.31. The first-order valence-electron chi connectivity index (χ1n) is 6.23. The average molecular weight is 232 g/mol. The fourth-order valence-electron chi connectivity index (χ4n) is 1.45. The monoisotopic (exact) mass is 232 g/mol. The molecule has 4 heteroatoms. The van der Waals surface area contributed by atoms with Crippen molar-refractivity contribution in [3.63, 3.8) is 0 Å². The quantitative estimate of drug-likeness (QED) is 0.491. The Kier molecular flexibility index (Phi) is 5.82. The minimum atomic E-state index is -2.79. The van der Waals surface area contributed by atoms with Gasteiger partial charge in [-0.3, -0.25) is 0 Å². The summed E-state index contributed by atoms with van der Waals surface area (Å²) in [7, 11) is -2.79. The molecule has 0 atom stereocenters. The summed E-state index contributed by atoms with van der Waals surface area (Å²) in [6.45, 7) is 5.56. The summed E-state index contributed by atoms with van der Waals surface area (Å²) in [6.07, 6.45) is 6.40. The molecule has 3 nitrogen and oxygen atoms in total. The minimum Gasteiger partial charge on any atom is -0.390 e. The van der Waals surface area contributed by atoms with Crippen LogP contribution in [0.25, 0.3) is 0 Å². The molecule has 0 aliphatic heterocycles. The Morgan fingerprint density at radius 2 is 1.53 bits per heavy atom. The van der Waals surface area contributed by atoms with E-state index in [-0.39, 0.29) is 0 Å². The van der Waals surface area contributed by atoms with Crippen molar-refractivity contribution in [2.24, 2.45) is 0 Å². The Labute approximate surface area is 94.2 Å². The highest BCUT2D eigenvalue weighted by molar-refractivity contribution is 6.61. The first-order valence-corrected chi connectivity index (χ1v) is 8.07. The van der Waals surface area contributed by atoms with Gasteiger partial charge >= 0.3 is 8.80 Å². The lowest BCUT2D eigenvalue weighted by Gasteiger charge is -2.24. The molecule has 90 valence electrons. The van der Waals surface area contributed by atoms with Crippen LogP contribution >= 0.6 is 0 Å². The number of unbranched alkanes of at least 4 members (excludes halogenated alkanes) is 2. The Morgan fingerprint density at radius 3 is 1.87 bits per heavy atom. The predicted octanol–water partition coefficient (Wildman–Crippen LogP) is 2.72. The highest BCUT2D eigenvalue weighted by atomic mass is 28.4. The molecule has 0 radical (unpaired) electrons. The molecule has 0 aromatic carbocycles. The third-order valence-corrected chi connectivity index (χ3v) is 5.55. The maximum Gasteiger partial charge on any atom is 0.501 e. The van der Waals surface area contributed by atoms with E-state index in [0.29, 0.717) is 18.8 Å². The Hall–Kier alpha value is 0.0969. The van der Waals surface area contributed by atoms with Gasteiger partial charge in [-0.05, 0) is 25.7 Å². The smallest absolute Gasteiger partial charge is 0.390 e. The molecule has 1 rings (SSSR count). The second-order valence-corrected chi connectivity index (χ2v) is 6.96. The molecule has 0 bridgehead atoms. The van der Waals surface area contributed by atoms with Crippen LogP contribution in [0.2, 0.25) is 5.54 Å². The second kappa shape index (κ2) is 6.63. The zero-order valence-electron chi connectivity index (χ0n) is 10.00. The van der Waals surface area contributed by atoms with Crippen molar-refractivity contribution in [1.29, 1.82) is 0 Å². The average Bonchev–Trinajstić information content (AvgIpc) is 3.02. The molecule has 0 heterocycles. The third-order valence-electron chi connectivity index (χ3n) is 2.71. The highest BCUT2D eigenvalue weighted by Crippen LogP contribution is 2.44. The lowest BCUT2D eigenvalue weighted by Crippen LogP contribution is -2.43. The zero-order chi connectivity index (χ0) is 11.1. The molecule has 0 saturated heterocycles. The zero-order valence-corrected chi connectivity index (χ0v) is 11.0. The van der Waals surface area contributed by atoms with E-state index in [4.69, 9.17) is 8.85 Å². The van der Waals surface area contributed by atoms with Gasteiger partial charge in [0.2, 0.25) is 0 Å². The van der Waals surface area contributed by atoms with Crippen LogP contribution in [0.4, 0.5) is 0 Å². The van der Waals surface area contributed by atoms with Crippen molar-refractivity contribution >= 4 is 8.80 Å². The van der Waals surface area contributed by atoms with Gasteiger partial charge in [-0.15, -0.1) is 0 Å². The normalized spacial score (nSPS) is 17.0. The molecule has 0 spiro atoms. The lowest BCUT2D eigenvalue weighted by atomic mass is 10.4. The largest absolute Gasteiger partial charge is 0.501 e. The molecule has 1 fully saturated rings. The van der Waals surface area contributed by atoms with Crippen LogP contribution in [0.1, 0.15) is 52.4 Å². The topological polar surface area (TPSA) is 38.7 Å². The van der Waals surface area contributed by atoms with Crippen LogP contribution in [0.3, 0.4) is 0 Å². The van der Waals surface area contributed by atoms with Gasteiger partial charge in [0.15, 0.2) is 0 Å². The van der Waals surface area contributed by atoms with Gasteiger partial charge in [-0.1, -0.05) is 26.7 Å². The third kappa shape index (κ3) is 4.63. The summed E-state index contributed by atoms with van der Waals surface area (Å²) in [5, 5.41) is 0. The summed E-state index contributed by atoms with van der Waals surface area (Å²) in [5.74, 6) is 0. The summed E-state index contributed by atoms with van der Waals surface area (Å²) in [4.78, 5) is 10.3. The maximum atomic E-state index is 10.3. The number of hydrogen-bond donors (Lipinski definition) is 1. The molecule has 0 aromatic rings. The van der Waals surface area contributed by atoms with E-state index < -0.39 is 8.80 Å². The van der Waals surface area contributed by atoms with Crippen molar-refractivity contribution < 1.29 is 13.6 Å². The SMILES string of the molecule is CCCCO[Si](O)(OCCCC)C1CC1. The van der Waals surface area contributed by atoms with Crippen molar-refractivity contribution in [3.8, 4) is 0 Å². The van der Waals surface area contributed by atoms with E-state index in [0.717, 1.165) is 38.5 Å². The molecule has 15 heavy (non-hydrogen) atoms. The van der Waals surface area contributed by atoms with E-state index in [1.807, 2.05) is 0 Å². The van der Waals surface area contributed by atoms with Crippen molar-refractivity contribution in [3.05, 3.63) is 0 Å². The molecule has 0 unspecified atom stereocenters. The molecular weight excluding hydrogens is 208 g/mol. The van der Waals surface area contributed by atoms with Crippen molar-refractivity contribution in [2.75, 3.05) is 13.2 Å². The predicted molar refractivity (Wildman–Crippen MR) is 62.7 cm³/mol. The number of rotatable bonds is 9. The Bertz CT molecular complexity index is 161. The van der Waals surface area contributed by atoms with Crippen LogP contribution in [0.5, 0.6) is 0 Å². The standard InChI is InChI=1S/C11H24O3Si/c1-3-5-9-13-15(12,11-7-8-11)14-10-6-4-2/h11-12H,3-10H2,1-2H3. The van der Waals surface area contributed by atoms with E-state index in [1.165, 1.54) is 0 Å². The van der Waals surface area contributed by atoms with E-state index in [2.05, 4.69) is 13.8 Å². The number of hydrogen-bond acceptors (Lipinski definition) is 3. The summed E-state index contributed by atoms with van der Waals surface area (Å²) < 4.78 is 11.2. The first-order chi connectivity index (χ1) is 7.23. The van der Waals surface area contributed by atoms with Gasteiger partial charge in [0, 0.05) is 18.8 Å². The van der Waals surface area contributed by atoms with Gasteiger partial charge in [-0.2, -0.15) is 0 Å². The first kappa shape index (κ1) is 13.2. The summed E-state index contributed by atoms with van der Waals surface area (Å²) in [6, 6.07) is 0. The van der Waals surface area contributed by atoms with Crippen LogP contribution < -0.4 is 0 Å². The van der Waals surface area contributed by atoms with E-state index >= 15 is 0 Å². The van der Waals surface area contributed by atoms with Gasteiger partial charge in [0.25, 0.3) is 0 Å². The van der Waals surface area contributed by atoms with Gasteiger partial charge in [0.1, 0.15) is 0 Å². The van der Waals surface area contributed by atoms with Gasteiger partial charge in [0.05, 0.1) is 0 Å². The van der Waals surface area contributed by atoms with Crippen LogP contribution in [0.15, 0.2) is 0 Å². The molecule has 0 amide bonds. The minimum absolute atomic E-state index is 0.339. The Morgan fingerprint density at radius 1 is 1.07 bits per heavy atom. The Balaban J connectivity index is 2.25. The van der Waals surface area contributed by atoms with E-state index in [1.54, 1.807) is 0 Å². The molecule has 1 aliphatic rings. The lowest BCUT2D eigenvalue weighted by molar-refractivity contribution is 0.0927. The molecule has 1 aliphatic carbocycles. The summed E-state index contributed by atoms with van der Waals surface area (Å²) in [5.41, 5.74) is 0.339. The van der Waals surface area contributed by atoms with Gasteiger partial charge in [-0.25, -0.2) is 0 Å². The van der Waals surface area contributed by atoms with E-state index in [9.17, 15) is 4.80 Å². The molecule has 1 saturated carbocycles. The fourth-order valence-corrected chi connectivity index (χ4v) is 3.78. The van der Waals surface area contributed by atoms with Crippen molar-refractivity contribution in [1.82, 2.24) is 0 Å². The fraction of sp³-hybridized carbons (Fsp3) is 1.00. The molecular formula is C11H24O3Si. The summed E-state index contributed by atoms with van der Waals surface area (Å²) >= 11 is 0. The van der Waals surface area contributed by atoms with Gasteiger partial charge < -0.3 is 13.6 Å². The molecule has 1 N–H and O–H groups in total. The maximum absolute atomic E-state index is 10.3.